The Morgan fingerprint density at radius 2 is 2.05 bits per heavy atom. The number of anilines is 1. The normalized spacial score (nSPS) is 11.3. The van der Waals surface area contributed by atoms with Crippen molar-refractivity contribution in [2.75, 3.05) is 11.9 Å². The highest BCUT2D eigenvalue weighted by Gasteiger charge is 2.20. The molecule has 0 spiro atoms. The summed E-state index contributed by atoms with van der Waals surface area (Å²) in [6, 6.07) is 4.45. The lowest BCUT2D eigenvalue weighted by atomic mass is 9.93. The number of benzene rings is 1. The molecular formula is C15H16F2N2O3. The zero-order valence-electron chi connectivity index (χ0n) is 12.4. The van der Waals surface area contributed by atoms with E-state index in [-0.39, 0.29) is 17.0 Å². The van der Waals surface area contributed by atoms with E-state index in [0.29, 0.717) is 11.8 Å². The smallest absolute Gasteiger partial charge is 0.263 e. The fourth-order valence-corrected chi connectivity index (χ4v) is 1.60. The molecule has 0 radical (unpaired) electrons. The van der Waals surface area contributed by atoms with Crippen molar-refractivity contribution in [1.29, 1.82) is 0 Å². The number of carbonyl (C=O) groups is 1. The van der Waals surface area contributed by atoms with Crippen LogP contribution in [0.25, 0.3) is 0 Å². The molecule has 22 heavy (non-hydrogen) atoms. The second kappa shape index (κ2) is 6.13. The monoisotopic (exact) mass is 310 g/mol. The number of hydrogen-bond donors (Lipinski definition) is 1. The van der Waals surface area contributed by atoms with E-state index in [1.807, 2.05) is 20.8 Å². The molecule has 7 heteroatoms. The SMILES string of the molecule is CC(C)(C)c1cc(NC(=O)COc2ccc(F)cc2F)no1. The number of amides is 1. The van der Waals surface area contributed by atoms with Crippen molar-refractivity contribution < 1.29 is 22.8 Å². The lowest BCUT2D eigenvalue weighted by Gasteiger charge is -2.12. The molecule has 1 N–H and O–H groups in total. The minimum atomic E-state index is -0.871. The molecule has 2 rings (SSSR count). The van der Waals surface area contributed by atoms with Crippen LogP contribution in [0.15, 0.2) is 28.8 Å². The van der Waals surface area contributed by atoms with Gasteiger partial charge in [-0.2, -0.15) is 0 Å². The Kier molecular flexibility index (Phi) is 4.44. The molecule has 5 nitrogen and oxygen atoms in total. The van der Waals surface area contributed by atoms with E-state index in [4.69, 9.17) is 9.26 Å². The first-order valence-electron chi connectivity index (χ1n) is 6.60. The summed E-state index contributed by atoms with van der Waals surface area (Å²) in [6.07, 6.45) is 0. The van der Waals surface area contributed by atoms with Gasteiger partial charge in [-0.3, -0.25) is 4.79 Å². The van der Waals surface area contributed by atoms with Gasteiger partial charge in [0, 0.05) is 17.5 Å². The van der Waals surface area contributed by atoms with Crippen molar-refractivity contribution in [2.45, 2.75) is 26.2 Å². The highest BCUT2D eigenvalue weighted by atomic mass is 19.1. The van der Waals surface area contributed by atoms with Gasteiger partial charge in [-0.05, 0) is 12.1 Å². The van der Waals surface area contributed by atoms with Crippen molar-refractivity contribution >= 4 is 11.7 Å². The Morgan fingerprint density at radius 3 is 2.64 bits per heavy atom. The van der Waals surface area contributed by atoms with E-state index in [0.717, 1.165) is 12.1 Å². The quantitative estimate of drug-likeness (QED) is 0.941. The zero-order valence-corrected chi connectivity index (χ0v) is 12.4. The Labute approximate surface area is 126 Å². The maximum absolute atomic E-state index is 13.3. The molecule has 1 aromatic carbocycles. The predicted molar refractivity (Wildman–Crippen MR) is 75.7 cm³/mol. The first-order chi connectivity index (χ1) is 10.3. The fourth-order valence-electron chi connectivity index (χ4n) is 1.60. The van der Waals surface area contributed by atoms with Crippen LogP contribution in [0.4, 0.5) is 14.6 Å². The van der Waals surface area contributed by atoms with Gasteiger partial charge in [0.15, 0.2) is 24.0 Å². The second-order valence-corrected chi connectivity index (χ2v) is 5.74. The Balaban J connectivity index is 1.92. The molecule has 0 bridgehead atoms. The highest BCUT2D eigenvalue weighted by molar-refractivity contribution is 5.90. The lowest BCUT2D eigenvalue weighted by Crippen LogP contribution is -2.20. The van der Waals surface area contributed by atoms with Gasteiger partial charge in [-0.1, -0.05) is 25.9 Å². The van der Waals surface area contributed by atoms with Crippen molar-refractivity contribution in [3.63, 3.8) is 0 Å². The van der Waals surface area contributed by atoms with Gasteiger partial charge in [0.1, 0.15) is 11.6 Å². The maximum atomic E-state index is 13.3. The zero-order chi connectivity index (χ0) is 16.3. The summed E-state index contributed by atoms with van der Waals surface area (Å²) in [5, 5.41) is 6.19. The molecule has 118 valence electrons. The molecule has 0 atom stereocenters. The number of nitrogens with zero attached hydrogens (tertiary/aromatic N) is 1. The standard InChI is InChI=1S/C15H16F2N2O3/c1-15(2,3)12-7-13(19-22-12)18-14(20)8-21-11-5-4-9(16)6-10(11)17/h4-7H,8H2,1-3H3,(H,18,19,20). The Morgan fingerprint density at radius 1 is 1.32 bits per heavy atom. The van der Waals surface area contributed by atoms with Crippen LogP contribution in [0.2, 0.25) is 0 Å². The Hall–Kier alpha value is -2.44. The molecular weight excluding hydrogens is 294 g/mol. The summed E-state index contributed by atoms with van der Waals surface area (Å²) in [5.41, 5.74) is -0.232. The van der Waals surface area contributed by atoms with Gasteiger partial charge in [0.05, 0.1) is 0 Å². The maximum Gasteiger partial charge on any atom is 0.263 e. The van der Waals surface area contributed by atoms with E-state index in [1.54, 1.807) is 6.07 Å². The predicted octanol–water partition coefficient (Wildman–Crippen LogP) is 3.27. The summed E-state index contributed by atoms with van der Waals surface area (Å²) in [6.45, 7) is 5.40. The van der Waals surface area contributed by atoms with Crippen LogP contribution >= 0.6 is 0 Å². The van der Waals surface area contributed by atoms with Crippen LogP contribution in [-0.2, 0) is 10.2 Å². The summed E-state index contributed by atoms with van der Waals surface area (Å²) < 4.78 is 36.2. The van der Waals surface area contributed by atoms with Crippen molar-refractivity contribution in [1.82, 2.24) is 5.16 Å². The fraction of sp³-hybridized carbons (Fsp3) is 0.333. The lowest BCUT2D eigenvalue weighted by molar-refractivity contribution is -0.118. The molecule has 1 aromatic heterocycles. The van der Waals surface area contributed by atoms with Crippen LogP contribution in [-0.4, -0.2) is 17.7 Å². The number of ether oxygens (including phenoxy) is 1. The van der Waals surface area contributed by atoms with Gasteiger partial charge in [0.2, 0.25) is 0 Å². The van der Waals surface area contributed by atoms with Crippen LogP contribution in [0.3, 0.4) is 0 Å². The molecule has 0 unspecified atom stereocenters. The van der Waals surface area contributed by atoms with E-state index in [9.17, 15) is 13.6 Å². The molecule has 0 aliphatic carbocycles. The van der Waals surface area contributed by atoms with Gasteiger partial charge in [-0.15, -0.1) is 0 Å². The van der Waals surface area contributed by atoms with Crippen LogP contribution in [0, 0.1) is 11.6 Å². The van der Waals surface area contributed by atoms with E-state index >= 15 is 0 Å². The first-order valence-corrected chi connectivity index (χ1v) is 6.60. The van der Waals surface area contributed by atoms with Gasteiger partial charge in [0.25, 0.3) is 5.91 Å². The molecule has 0 aliphatic heterocycles. The van der Waals surface area contributed by atoms with Gasteiger partial charge in [-0.25, -0.2) is 8.78 Å². The second-order valence-electron chi connectivity index (χ2n) is 5.74. The summed E-state index contributed by atoms with van der Waals surface area (Å²) in [5.74, 6) is -1.45. The van der Waals surface area contributed by atoms with Crippen LogP contribution in [0.5, 0.6) is 5.75 Å². The minimum absolute atomic E-state index is 0.202. The van der Waals surface area contributed by atoms with Crippen molar-refractivity contribution in [3.05, 3.63) is 41.7 Å². The molecule has 0 saturated heterocycles. The Bertz CT molecular complexity index is 678. The molecule has 2 aromatic rings. The molecule has 0 aliphatic rings. The number of hydrogen-bond acceptors (Lipinski definition) is 4. The first kappa shape index (κ1) is 15.9. The third-order valence-corrected chi connectivity index (χ3v) is 2.77. The van der Waals surface area contributed by atoms with Crippen molar-refractivity contribution in [3.8, 4) is 5.75 Å². The summed E-state index contributed by atoms with van der Waals surface area (Å²) in [4.78, 5) is 11.7. The number of rotatable bonds is 4. The molecule has 0 fully saturated rings. The third kappa shape index (κ3) is 4.03. The van der Waals surface area contributed by atoms with Gasteiger partial charge >= 0.3 is 0 Å². The number of carbonyl (C=O) groups excluding carboxylic acids is 1. The summed E-state index contributed by atoms with van der Waals surface area (Å²) >= 11 is 0. The molecule has 1 heterocycles. The van der Waals surface area contributed by atoms with Crippen molar-refractivity contribution in [2.24, 2.45) is 0 Å². The van der Waals surface area contributed by atoms with Gasteiger partial charge < -0.3 is 14.6 Å². The van der Waals surface area contributed by atoms with Crippen LogP contribution in [0.1, 0.15) is 26.5 Å². The molecule has 1 amide bonds. The topological polar surface area (TPSA) is 64.4 Å². The highest BCUT2D eigenvalue weighted by Crippen LogP contribution is 2.24. The summed E-state index contributed by atoms with van der Waals surface area (Å²) in [7, 11) is 0. The number of aromatic nitrogens is 1. The van der Waals surface area contributed by atoms with E-state index < -0.39 is 24.1 Å². The molecule has 0 saturated carbocycles. The van der Waals surface area contributed by atoms with E-state index in [2.05, 4.69) is 10.5 Å². The average molecular weight is 310 g/mol. The van der Waals surface area contributed by atoms with Crippen LogP contribution < -0.4 is 10.1 Å². The number of halogens is 2. The van der Waals surface area contributed by atoms with E-state index in [1.165, 1.54) is 0 Å². The largest absolute Gasteiger partial charge is 0.481 e. The third-order valence-electron chi connectivity index (χ3n) is 2.77. The number of nitrogens with one attached hydrogen (secondary N) is 1. The minimum Gasteiger partial charge on any atom is -0.481 e. The average Bonchev–Trinajstić information content (AvgIpc) is 2.86.